The van der Waals surface area contributed by atoms with Crippen LogP contribution in [-0.4, -0.2) is 35.6 Å². The largest absolute Gasteiger partial charge is 0.480 e. The van der Waals surface area contributed by atoms with Crippen molar-refractivity contribution in [2.45, 2.75) is 187 Å². The molecule has 0 bridgehead atoms. The number of unbranched alkanes of at least 4 members (excludes halogenated alkanes) is 19. The summed E-state index contributed by atoms with van der Waals surface area (Å²) in [6.07, 6.45) is 37.3. The van der Waals surface area contributed by atoms with E-state index in [1.54, 1.807) is 0 Å². The van der Waals surface area contributed by atoms with E-state index in [9.17, 15) is 14.4 Å². The molecule has 0 aromatic heterocycles. The van der Waals surface area contributed by atoms with Crippen molar-refractivity contribution in [2.24, 2.45) is 0 Å². The molecular weight excluding hydrogens is 538 g/mol. The minimum Gasteiger partial charge on any atom is -0.480 e. The van der Waals surface area contributed by atoms with Gasteiger partial charge in [0.1, 0.15) is 12.6 Å². The van der Waals surface area contributed by atoms with Gasteiger partial charge in [-0.05, 0) is 51.0 Å². The molecule has 0 aromatic carbocycles. The van der Waals surface area contributed by atoms with Gasteiger partial charge >= 0.3 is 11.9 Å². The Morgan fingerprint density at radius 1 is 0.628 bits per heavy atom. The zero-order chi connectivity index (χ0) is 31.6. The van der Waals surface area contributed by atoms with E-state index in [-0.39, 0.29) is 24.5 Å². The number of carbonyl (C=O) groups excluding carboxylic acids is 2. The molecule has 0 saturated heterocycles. The lowest BCUT2D eigenvalue weighted by Crippen LogP contribution is -2.28. The molecule has 0 heterocycles. The van der Waals surface area contributed by atoms with Crippen molar-refractivity contribution in [1.29, 1.82) is 0 Å². The van der Waals surface area contributed by atoms with Gasteiger partial charge in [-0.3, -0.25) is 14.4 Å². The molecule has 0 aliphatic rings. The van der Waals surface area contributed by atoms with Gasteiger partial charge in [-0.25, -0.2) is 0 Å². The molecule has 1 atom stereocenters. The zero-order valence-corrected chi connectivity index (χ0v) is 28.1. The molecule has 1 unspecified atom stereocenters. The summed E-state index contributed by atoms with van der Waals surface area (Å²) in [7, 11) is 0. The Labute approximate surface area is 264 Å². The summed E-state index contributed by atoms with van der Waals surface area (Å²) in [5.41, 5.74) is 0. The Morgan fingerprint density at radius 3 is 1.72 bits per heavy atom. The predicted octanol–water partition coefficient (Wildman–Crippen LogP) is 10.4. The number of amides is 1. The highest BCUT2D eigenvalue weighted by Crippen LogP contribution is 2.15. The van der Waals surface area contributed by atoms with Crippen LogP contribution < -0.4 is 5.32 Å². The Hall–Kier alpha value is -2.11. The van der Waals surface area contributed by atoms with E-state index < -0.39 is 5.97 Å². The lowest BCUT2D eigenvalue weighted by molar-refractivity contribution is -0.147. The highest BCUT2D eigenvalue weighted by Gasteiger charge is 2.11. The summed E-state index contributed by atoms with van der Waals surface area (Å²) in [6, 6.07) is 0. The fourth-order valence-electron chi connectivity index (χ4n) is 5.17. The average Bonchev–Trinajstić information content (AvgIpc) is 2.99. The van der Waals surface area contributed by atoms with E-state index in [4.69, 9.17) is 9.84 Å². The van der Waals surface area contributed by atoms with Crippen molar-refractivity contribution in [2.75, 3.05) is 6.54 Å². The SMILES string of the molecule is CCCCCC/C=C\C/C=C\C(CCCCCCCCC(=O)NCC(=O)O)OC(=O)CCCCCCCCCCCCC. The Kier molecular flexibility index (Phi) is 31.2. The number of carboxylic acid groups (broad SMARTS) is 1. The fourth-order valence-corrected chi connectivity index (χ4v) is 5.17. The van der Waals surface area contributed by atoms with Crippen LogP contribution in [0, 0.1) is 0 Å². The van der Waals surface area contributed by atoms with Crippen molar-refractivity contribution in [3.63, 3.8) is 0 Å². The third-order valence-electron chi connectivity index (χ3n) is 7.86. The summed E-state index contributed by atoms with van der Waals surface area (Å²) in [5.74, 6) is -1.29. The number of hydrogen-bond donors (Lipinski definition) is 2. The van der Waals surface area contributed by atoms with Crippen LogP contribution in [0.3, 0.4) is 0 Å². The van der Waals surface area contributed by atoms with Gasteiger partial charge in [0.25, 0.3) is 0 Å². The van der Waals surface area contributed by atoms with Crippen molar-refractivity contribution in [3.8, 4) is 0 Å². The number of aliphatic carboxylic acids is 1. The molecule has 0 spiro atoms. The standard InChI is InChI=1S/C37H67NO5/c1-3-5-7-9-11-13-14-16-18-24-28-32-37(42)43-34(29-25-21-17-15-12-10-8-6-4-2)30-26-22-19-20-23-27-31-35(39)38-33-36(40)41/h15,17,25,29,34H,3-14,16,18-24,26-28,30-33H2,1-2H3,(H,38,39)(H,40,41)/b17-15-,29-25-. The first-order valence-electron chi connectivity index (χ1n) is 18.0. The second-order valence-corrected chi connectivity index (χ2v) is 12.1. The maximum atomic E-state index is 12.6. The molecule has 0 aliphatic carbocycles. The highest BCUT2D eigenvalue weighted by molar-refractivity contribution is 5.80. The van der Waals surface area contributed by atoms with E-state index in [0.717, 1.165) is 70.6 Å². The lowest BCUT2D eigenvalue weighted by Gasteiger charge is -2.14. The monoisotopic (exact) mass is 606 g/mol. The van der Waals surface area contributed by atoms with Gasteiger partial charge < -0.3 is 15.2 Å². The lowest BCUT2D eigenvalue weighted by atomic mass is 10.0. The van der Waals surface area contributed by atoms with Crippen molar-refractivity contribution in [3.05, 3.63) is 24.3 Å². The zero-order valence-electron chi connectivity index (χ0n) is 28.1. The maximum Gasteiger partial charge on any atom is 0.322 e. The Morgan fingerprint density at radius 2 is 1.14 bits per heavy atom. The van der Waals surface area contributed by atoms with E-state index in [0.29, 0.717) is 12.8 Å². The van der Waals surface area contributed by atoms with Crippen molar-refractivity contribution in [1.82, 2.24) is 5.32 Å². The van der Waals surface area contributed by atoms with E-state index >= 15 is 0 Å². The van der Waals surface area contributed by atoms with Gasteiger partial charge in [-0.2, -0.15) is 0 Å². The average molecular weight is 606 g/mol. The van der Waals surface area contributed by atoms with Crippen molar-refractivity contribution < 1.29 is 24.2 Å². The quantitative estimate of drug-likeness (QED) is 0.0452. The molecule has 250 valence electrons. The molecule has 6 nitrogen and oxygen atoms in total. The number of carbonyl (C=O) groups is 3. The molecule has 43 heavy (non-hydrogen) atoms. The second kappa shape index (κ2) is 32.8. The third-order valence-corrected chi connectivity index (χ3v) is 7.86. The summed E-state index contributed by atoms with van der Waals surface area (Å²) >= 11 is 0. The molecule has 0 saturated carbocycles. The third kappa shape index (κ3) is 32.6. The fraction of sp³-hybridized carbons (Fsp3) is 0.811. The first-order chi connectivity index (χ1) is 21.0. The highest BCUT2D eigenvalue weighted by atomic mass is 16.5. The van der Waals surface area contributed by atoms with Gasteiger partial charge in [0.2, 0.25) is 5.91 Å². The summed E-state index contributed by atoms with van der Waals surface area (Å²) in [5, 5.41) is 11.0. The molecule has 1 amide bonds. The summed E-state index contributed by atoms with van der Waals surface area (Å²) in [6.45, 7) is 4.18. The number of hydrogen-bond acceptors (Lipinski definition) is 4. The minimum atomic E-state index is -1.02. The van der Waals surface area contributed by atoms with Crippen LogP contribution in [0.2, 0.25) is 0 Å². The molecule has 2 N–H and O–H groups in total. The number of allylic oxidation sites excluding steroid dienone is 3. The maximum absolute atomic E-state index is 12.6. The summed E-state index contributed by atoms with van der Waals surface area (Å²) < 4.78 is 5.89. The van der Waals surface area contributed by atoms with Crippen LogP contribution in [0.5, 0.6) is 0 Å². The minimum absolute atomic E-state index is 0.0711. The van der Waals surface area contributed by atoms with Gasteiger partial charge in [0.15, 0.2) is 0 Å². The van der Waals surface area contributed by atoms with Crippen LogP contribution in [0.1, 0.15) is 181 Å². The number of esters is 1. The molecule has 0 rings (SSSR count). The smallest absolute Gasteiger partial charge is 0.322 e. The number of nitrogens with one attached hydrogen (secondary N) is 1. The predicted molar refractivity (Wildman–Crippen MR) is 180 cm³/mol. The van der Waals surface area contributed by atoms with Crippen molar-refractivity contribution >= 4 is 17.8 Å². The van der Waals surface area contributed by atoms with Gasteiger partial charge in [-0.15, -0.1) is 0 Å². The molecular formula is C37H67NO5. The molecule has 0 radical (unpaired) electrons. The molecule has 0 aromatic rings. The Balaban J connectivity index is 4.24. The first kappa shape index (κ1) is 40.9. The van der Waals surface area contributed by atoms with Crippen LogP contribution >= 0.6 is 0 Å². The number of rotatable bonds is 32. The van der Waals surface area contributed by atoms with Gasteiger partial charge in [-0.1, -0.05) is 141 Å². The van der Waals surface area contributed by atoms with Crippen LogP contribution in [0.25, 0.3) is 0 Å². The summed E-state index contributed by atoms with van der Waals surface area (Å²) in [4.78, 5) is 34.7. The van der Waals surface area contributed by atoms with E-state index in [2.05, 4.69) is 43.5 Å². The van der Waals surface area contributed by atoms with Gasteiger partial charge in [0.05, 0.1) is 0 Å². The topological polar surface area (TPSA) is 92.7 Å². The van der Waals surface area contributed by atoms with E-state index in [1.807, 2.05) is 0 Å². The number of ether oxygens (including phenoxy) is 1. The van der Waals surface area contributed by atoms with Gasteiger partial charge in [0, 0.05) is 12.8 Å². The van der Waals surface area contributed by atoms with Crippen LogP contribution in [-0.2, 0) is 19.1 Å². The second-order valence-electron chi connectivity index (χ2n) is 12.1. The normalized spacial score (nSPS) is 12.2. The first-order valence-corrected chi connectivity index (χ1v) is 18.0. The van der Waals surface area contributed by atoms with Crippen LogP contribution in [0.15, 0.2) is 24.3 Å². The number of carboxylic acids is 1. The molecule has 6 heteroatoms. The van der Waals surface area contributed by atoms with Crippen LogP contribution in [0.4, 0.5) is 0 Å². The van der Waals surface area contributed by atoms with E-state index in [1.165, 1.54) is 83.5 Å². The molecule has 0 fully saturated rings. The Bertz CT molecular complexity index is 718. The molecule has 0 aliphatic heterocycles.